The molecule has 0 nitrogen and oxygen atoms in total. The van der Waals surface area contributed by atoms with Gasteiger partial charge < -0.3 is 0 Å². The summed E-state index contributed by atoms with van der Waals surface area (Å²) in [6.07, 6.45) is 19.6. The summed E-state index contributed by atoms with van der Waals surface area (Å²) in [6.45, 7) is 0. The largest absolute Gasteiger partial charge is 0.0527 e. The smallest absolute Gasteiger partial charge is 0 e. The second-order valence-electron chi connectivity index (χ2n) is 8.75. The number of fused-ring (bicyclic) bond motifs is 10. The van der Waals surface area contributed by atoms with Crippen LogP contribution in [-0.4, -0.2) is 0 Å². The summed E-state index contributed by atoms with van der Waals surface area (Å²) in [5.41, 5.74) is 0. The molecule has 0 saturated heterocycles. The van der Waals surface area contributed by atoms with E-state index in [9.17, 15) is 0 Å². The molecule has 6 aliphatic rings. The average molecular weight is 461 g/mol. The summed E-state index contributed by atoms with van der Waals surface area (Å²) >= 11 is 0. The van der Waals surface area contributed by atoms with Gasteiger partial charge in [-0.25, -0.2) is 0 Å². The topological polar surface area (TPSA) is 0 Å². The molecule has 0 heterocycles. The van der Waals surface area contributed by atoms with E-state index in [2.05, 4.69) is 6.42 Å². The van der Waals surface area contributed by atoms with Crippen LogP contribution in [0.2, 0.25) is 0 Å². The summed E-state index contributed by atoms with van der Waals surface area (Å²) in [5, 5.41) is 0. The van der Waals surface area contributed by atoms with Crippen molar-refractivity contribution in [1.29, 1.82) is 0 Å². The monoisotopic (exact) mass is 462 g/mol. The first-order valence-corrected chi connectivity index (χ1v) is 9.60. The predicted molar refractivity (Wildman–Crippen MR) is 82.8 cm³/mol. The van der Waals surface area contributed by atoms with Crippen LogP contribution in [0.4, 0.5) is 0 Å². The van der Waals surface area contributed by atoms with Crippen molar-refractivity contribution in [3.8, 4) is 0 Å². The van der Waals surface area contributed by atoms with Gasteiger partial charge in [0.1, 0.15) is 0 Å². The van der Waals surface area contributed by atoms with Gasteiger partial charge in [-0.3, -0.25) is 0 Å². The van der Waals surface area contributed by atoms with Gasteiger partial charge in [0.2, 0.25) is 0 Å². The van der Waals surface area contributed by atoms with Crippen LogP contribution in [0.15, 0.2) is 0 Å². The quantitative estimate of drug-likeness (QED) is 0.452. The third-order valence-corrected chi connectivity index (χ3v) is 8.15. The minimum absolute atomic E-state index is 0. The molecule has 4 bridgehead atoms. The maximum absolute atomic E-state index is 2.54. The minimum atomic E-state index is 0. The van der Waals surface area contributed by atoms with E-state index in [1.165, 1.54) is 42.9 Å². The van der Waals surface area contributed by atoms with Crippen LogP contribution >= 0.6 is 0 Å². The fourth-order valence-electron chi connectivity index (χ4n) is 7.43. The molecule has 0 aromatic rings. The predicted octanol–water partition coefficient (Wildman–Crippen LogP) is 5.44. The first kappa shape index (κ1) is 15.2. The first-order valence-electron chi connectivity index (χ1n) is 9.60. The summed E-state index contributed by atoms with van der Waals surface area (Å²) < 4.78 is 0. The standard InChI is InChI=1S/C10H16.C10H14.Os/c2*1-2-9-7-4-5-8(6-7)10(9)3-1;/h7-10H,1-6H2;2,7-8,10H,1,3-6H2;. The molecule has 1 heteroatoms. The van der Waals surface area contributed by atoms with Crippen molar-refractivity contribution in [3.05, 3.63) is 12.3 Å². The van der Waals surface area contributed by atoms with E-state index < -0.39 is 0 Å². The fraction of sp³-hybridized carbons (Fsp3) is 0.900. The Balaban J connectivity index is 0.000000105. The zero-order valence-corrected chi connectivity index (χ0v) is 15.8. The van der Waals surface area contributed by atoms with E-state index in [0.717, 1.165) is 17.8 Å². The van der Waals surface area contributed by atoms with Crippen molar-refractivity contribution in [2.24, 2.45) is 41.4 Å². The minimum Gasteiger partial charge on any atom is -0.0527 e. The van der Waals surface area contributed by atoms with Crippen molar-refractivity contribution >= 4 is 0 Å². The average Bonchev–Trinajstić information content (AvgIpc) is 3.28. The molecule has 0 N–H and O–H groups in total. The van der Waals surface area contributed by atoms with E-state index in [0.29, 0.717) is 0 Å². The normalized spacial score (nSPS) is 52.3. The van der Waals surface area contributed by atoms with Crippen LogP contribution < -0.4 is 0 Å². The van der Waals surface area contributed by atoms with Crippen molar-refractivity contribution in [1.82, 2.24) is 0 Å². The molecule has 0 aromatic carbocycles. The van der Waals surface area contributed by atoms with Crippen LogP contribution in [0.1, 0.15) is 70.6 Å². The van der Waals surface area contributed by atoms with Crippen LogP contribution in [0, 0.1) is 53.8 Å². The molecule has 6 fully saturated rings. The van der Waals surface area contributed by atoms with Crippen LogP contribution in [0.5, 0.6) is 0 Å². The van der Waals surface area contributed by atoms with Crippen LogP contribution in [-0.2, 0) is 19.8 Å². The van der Waals surface area contributed by atoms with Gasteiger partial charge >= 0.3 is 0 Å². The Morgan fingerprint density at radius 2 is 1.43 bits per heavy atom. The van der Waals surface area contributed by atoms with Gasteiger partial charge in [0.05, 0.1) is 0 Å². The molecule has 7 unspecified atom stereocenters. The molecule has 118 valence electrons. The fourth-order valence-corrected chi connectivity index (χ4v) is 7.43. The summed E-state index contributed by atoms with van der Waals surface area (Å²) in [7, 11) is 0. The third kappa shape index (κ3) is 2.40. The van der Waals surface area contributed by atoms with E-state index in [-0.39, 0.29) is 19.8 Å². The first-order chi connectivity index (χ1) is 9.90. The van der Waals surface area contributed by atoms with E-state index in [4.69, 9.17) is 0 Å². The van der Waals surface area contributed by atoms with Crippen molar-refractivity contribution in [3.63, 3.8) is 0 Å². The molecular formula is C20H30Os. The van der Waals surface area contributed by atoms with Gasteiger partial charge in [-0.2, -0.15) is 0 Å². The second-order valence-corrected chi connectivity index (χ2v) is 8.75. The Labute approximate surface area is 144 Å². The summed E-state index contributed by atoms with van der Waals surface area (Å²) in [6, 6.07) is 0. The Hall–Kier alpha value is 0.636. The van der Waals surface area contributed by atoms with Crippen LogP contribution in [0.25, 0.3) is 0 Å². The second kappa shape index (κ2) is 5.93. The van der Waals surface area contributed by atoms with Gasteiger partial charge in [0, 0.05) is 19.8 Å². The zero-order valence-electron chi connectivity index (χ0n) is 13.3. The molecule has 0 amide bonds. The molecule has 6 saturated carbocycles. The van der Waals surface area contributed by atoms with Crippen molar-refractivity contribution < 1.29 is 19.8 Å². The molecule has 2 radical (unpaired) electrons. The summed E-state index contributed by atoms with van der Waals surface area (Å²) in [5.74, 6) is 9.92. The van der Waals surface area contributed by atoms with E-state index in [1.54, 1.807) is 51.4 Å². The molecule has 7 atom stereocenters. The van der Waals surface area contributed by atoms with Gasteiger partial charge in [0.15, 0.2) is 0 Å². The Kier molecular flexibility index (Phi) is 4.29. The molecule has 21 heavy (non-hydrogen) atoms. The van der Waals surface area contributed by atoms with Gasteiger partial charge in [-0.1, -0.05) is 6.42 Å². The SMILES string of the molecule is C1CC2C3CCC(C3)C2C1.[CH]1CCC2[C]1C1CCC2C1.[Os]. The Morgan fingerprint density at radius 1 is 0.714 bits per heavy atom. The molecular weight excluding hydrogens is 430 g/mol. The van der Waals surface area contributed by atoms with Gasteiger partial charge in [-0.15, -0.1) is 0 Å². The Morgan fingerprint density at radius 3 is 2.14 bits per heavy atom. The van der Waals surface area contributed by atoms with E-state index in [1.807, 2.05) is 5.92 Å². The maximum atomic E-state index is 2.54. The molecule has 6 rings (SSSR count). The molecule has 0 aromatic heterocycles. The number of hydrogen-bond donors (Lipinski definition) is 0. The molecule has 0 spiro atoms. The molecule has 6 aliphatic carbocycles. The third-order valence-electron chi connectivity index (χ3n) is 8.15. The zero-order chi connectivity index (χ0) is 13.1. The van der Waals surface area contributed by atoms with Gasteiger partial charge in [0.25, 0.3) is 0 Å². The Bertz CT molecular complexity index is 310. The van der Waals surface area contributed by atoms with E-state index >= 15 is 0 Å². The summed E-state index contributed by atoms with van der Waals surface area (Å²) in [4.78, 5) is 0. The van der Waals surface area contributed by atoms with Crippen LogP contribution in [0.3, 0.4) is 0 Å². The number of rotatable bonds is 0. The maximum Gasteiger partial charge on any atom is 0 e. The van der Waals surface area contributed by atoms with Gasteiger partial charge in [-0.05, 0) is 118 Å². The van der Waals surface area contributed by atoms with Crippen molar-refractivity contribution in [2.45, 2.75) is 70.6 Å². The molecule has 0 aliphatic heterocycles. The van der Waals surface area contributed by atoms with Crippen molar-refractivity contribution in [2.75, 3.05) is 0 Å². The number of hydrogen-bond acceptors (Lipinski definition) is 0.